The number of hydrogen-bond donors (Lipinski definition) is 0. The lowest BCUT2D eigenvalue weighted by Gasteiger charge is -2.09. The first-order valence-corrected chi connectivity index (χ1v) is 3.72. The second-order valence-electron chi connectivity index (χ2n) is 2.56. The highest BCUT2D eigenvalue weighted by Crippen LogP contribution is 2.06. The maximum atomic E-state index is 10.8. The fourth-order valence-electron chi connectivity index (χ4n) is 0.828. The molecule has 0 unspecified atom stereocenters. The van der Waals surface area contributed by atoms with Crippen LogP contribution in [0.4, 0.5) is 0 Å². The van der Waals surface area contributed by atoms with E-state index in [1.165, 1.54) is 4.81 Å². The Kier molecular flexibility index (Phi) is 2.70. The molecule has 0 N–H and O–H groups in total. The van der Waals surface area contributed by atoms with Gasteiger partial charge in [0.25, 0.3) is 5.97 Å². The molecule has 1 aliphatic heterocycles. The number of nitrogens with zero attached hydrogens (tertiary/aromatic N) is 1. The summed E-state index contributed by atoms with van der Waals surface area (Å²) in [6.07, 6.45) is 0.280. The lowest BCUT2D eigenvalue weighted by Crippen LogP contribution is -2.36. The van der Waals surface area contributed by atoms with E-state index in [-0.39, 0.29) is 24.9 Å². The first kappa shape index (κ1) is 9.06. The van der Waals surface area contributed by atoms with Gasteiger partial charge >= 0.3 is 13.2 Å². The van der Waals surface area contributed by atoms with Crippen molar-refractivity contribution in [3.63, 3.8) is 0 Å². The number of likely N-dealkylation sites (N-methyl/N-ethyl adjacent to an activating group) is 1. The molecule has 6 heteroatoms. The summed E-state index contributed by atoms with van der Waals surface area (Å²) in [6.45, 7) is 1.85. The summed E-state index contributed by atoms with van der Waals surface area (Å²) in [7, 11) is 0.823. The smallest absolute Gasteiger partial charge is 0.485 e. The average molecular weight is 171 g/mol. The molecule has 0 spiro atoms. The zero-order valence-corrected chi connectivity index (χ0v) is 7.07. The number of carbonyl (C=O) groups excluding carboxylic acids is 2. The Bertz CT molecular complexity index is 208. The van der Waals surface area contributed by atoms with Crippen LogP contribution in [0.1, 0.15) is 13.3 Å². The van der Waals surface area contributed by atoms with E-state index >= 15 is 0 Å². The van der Waals surface area contributed by atoms with Gasteiger partial charge in [0.2, 0.25) is 0 Å². The van der Waals surface area contributed by atoms with Crippen molar-refractivity contribution in [3.05, 3.63) is 0 Å². The van der Waals surface area contributed by atoms with E-state index in [1.54, 1.807) is 14.0 Å². The number of carbonyl (C=O) groups is 2. The highest BCUT2D eigenvalue weighted by molar-refractivity contribution is 6.48. The molecular formula is C6H10BNO4. The highest BCUT2D eigenvalue weighted by atomic mass is 16.7. The summed E-state index contributed by atoms with van der Waals surface area (Å²) in [5.74, 6) is -0.743. The van der Waals surface area contributed by atoms with Crippen LogP contribution in [0, 0.1) is 0 Å². The molecule has 66 valence electrons. The first-order valence-electron chi connectivity index (χ1n) is 3.72. The van der Waals surface area contributed by atoms with Gasteiger partial charge < -0.3 is 9.31 Å². The van der Waals surface area contributed by atoms with Gasteiger partial charge in [-0.3, -0.25) is 14.4 Å². The molecule has 1 saturated heterocycles. The van der Waals surface area contributed by atoms with Crippen molar-refractivity contribution in [1.82, 2.24) is 4.81 Å². The third-order valence-electron chi connectivity index (χ3n) is 1.49. The van der Waals surface area contributed by atoms with Crippen LogP contribution < -0.4 is 0 Å². The predicted molar refractivity (Wildman–Crippen MR) is 40.9 cm³/mol. The molecule has 0 atom stereocenters. The van der Waals surface area contributed by atoms with Gasteiger partial charge in [-0.1, -0.05) is 6.92 Å². The van der Waals surface area contributed by atoms with Crippen LogP contribution in [0.2, 0.25) is 0 Å². The predicted octanol–water partition coefficient (Wildman–Crippen LogP) is -0.587. The molecule has 0 amide bonds. The van der Waals surface area contributed by atoms with E-state index in [1.807, 2.05) is 0 Å². The topological polar surface area (TPSA) is 55.8 Å². The lowest BCUT2D eigenvalue weighted by molar-refractivity contribution is -0.137. The van der Waals surface area contributed by atoms with Crippen molar-refractivity contribution >= 4 is 19.2 Å². The molecule has 0 radical (unpaired) electrons. The van der Waals surface area contributed by atoms with Crippen LogP contribution in [-0.4, -0.2) is 37.6 Å². The minimum atomic E-state index is -0.829. The molecule has 5 nitrogen and oxygen atoms in total. The van der Waals surface area contributed by atoms with Gasteiger partial charge in [-0.05, 0) is 7.05 Å². The zero-order valence-electron chi connectivity index (χ0n) is 7.07. The normalized spacial score (nSPS) is 17.8. The molecule has 0 bridgehead atoms. The maximum absolute atomic E-state index is 10.8. The van der Waals surface area contributed by atoms with Gasteiger partial charge in [-0.2, -0.15) is 0 Å². The fraction of sp³-hybridized carbons (Fsp3) is 0.667. The van der Waals surface area contributed by atoms with E-state index in [2.05, 4.69) is 4.65 Å². The molecule has 12 heavy (non-hydrogen) atoms. The third-order valence-corrected chi connectivity index (χ3v) is 1.49. The second kappa shape index (κ2) is 3.58. The monoisotopic (exact) mass is 171 g/mol. The van der Waals surface area contributed by atoms with E-state index in [0.717, 1.165) is 0 Å². The summed E-state index contributed by atoms with van der Waals surface area (Å²) >= 11 is 0. The average Bonchev–Trinajstić information content (AvgIpc) is 2.30. The van der Waals surface area contributed by atoms with Crippen LogP contribution in [0.15, 0.2) is 0 Å². The van der Waals surface area contributed by atoms with Crippen molar-refractivity contribution < 1.29 is 18.9 Å². The highest BCUT2D eigenvalue weighted by Gasteiger charge is 2.41. The van der Waals surface area contributed by atoms with Gasteiger partial charge in [0.1, 0.15) is 0 Å². The van der Waals surface area contributed by atoms with Gasteiger partial charge in [0.15, 0.2) is 0 Å². The lowest BCUT2D eigenvalue weighted by atomic mass is 10.1. The Hall–Kier alpha value is -1.04. The summed E-state index contributed by atoms with van der Waals surface area (Å²) in [4.78, 5) is 23.0. The van der Waals surface area contributed by atoms with Crippen molar-refractivity contribution in [3.8, 4) is 0 Å². The first-order chi connectivity index (χ1) is 5.63. The van der Waals surface area contributed by atoms with Crippen LogP contribution in [-0.2, 0) is 18.9 Å². The van der Waals surface area contributed by atoms with E-state index in [0.29, 0.717) is 0 Å². The van der Waals surface area contributed by atoms with Crippen LogP contribution >= 0.6 is 0 Å². The second-order valence-corrected chi connectivity index (χ2v) is 2.56. The van der Waals surface area contributed by atoms with Gasteiger partial charge in [0, 0.05) is 6.42 Å². The Balaban J connectivity index is 2.42. The minimum Gasteiger partial charge on any atom is -0.485 e. The third kappa shape index (κ3) is 1.98. The Labute approximate surface area is 70.8 Å². The van der Waals surface area contributed by atoms with Crippen molar-refractivity contribution in [1.29, 1.82) is 0 Å². The molecule has 1 heterocycles. The molecule has 1 fully saturated rings. The van der Waals surface area contributed by atoms with E-state index in [9.17, 15) is 9.59 Å². The molecule has 0 aromatic heterocycles. The Morgan fingerprint density at radius 2 is 2.50 bits per heavy atom. The Morgan fingerprint density at radius 3 is 2.92 bits per heavy atom. The molecule has 0 aromatic rings. The van der Waals surface area contributed by atoms with Gasteiger partial charge in [-0.15, -0.1) is 0 Å². The summed E-state index contributed by atoms with van der Waals surface area (Å²) in [5, 5.41) is 0. The van der Waals surface area contributed by atoms with E-state index < -0.39 is 7.25 Å². The van der Waals surface area contributed by atoms with Crippen LogP contribution in [0.5, 0.6) is 0 Å². The standard InChI is InChI=1S/C6H10BNO4/c1-3-5(9)11-7-8(2)4-6(10)12-7/h3-4H2,1-2H3. The van der Waals surface area contributed by atoms with Crippen molar-refractivity contribution in [2.75, 3.05) is 13.6 Å². The molecule has 1 rings (SSSR count). The molecule has 0 aliphatic carbocycles. The quantitative estimate of drug-likeness (QED) is 0.520. The van der Waals surface area contributed by atoms with Crippen LogP contribution in [0.3, 0.4) is 0 Å². The molecule has 0 aromatic carbocycles. The molecule has 0 saturated carbocycles. The Morgan fingerprint density at radius 1 is 1.83 bits per heavy atom. The van der Waals surface area contributed by atoms with Crippen LogP contribution in [0.25, 0.3) is 0 Å². The summed E-state index contributed by atoms with van der Waals surface area (Å²) in [6, 6.07) is 0. The number of hydrogen-bond acceptors (Lipinski definition) is 5. The van der Waals surface area contributed by atoms with E-state index in [4.69, 9.17) is 4.65 Å². The van der Waals surface area contributed by atoms with Crippen molar-refractivity contribution in [2.45, 2.75) is 13.3 Å². The maximum Gasteiger partial charge on any atom is 0.705 e. The fourth-order valence-corrected chi connectivity index (χ4v) is 0.828. The SMILES string of the molecule is CCC(=O)OB1OC(=O)CN1C. The minimum absolute atomic E-state index is 0.168. The summed E-state index contributed by atoms with van der Waals surface area (Å²) < 4.78 is 9.48. The molecular weight excluding hydrogens is 161 g/mol. The van der Waals surface area contributed by atoms with Crippen molar-refractivity contribution in [2.24, 2.45) is 0 Å². The summed E-state index contributed by atoms with van der Waals surface area (Å²) in [5.41, 5.74) is 0. The van der Waals surface area contributed by atoms with Gasteiger partial charge in [-0.25, -0.2) is 0 Å². The number of rotatable bonds is 2. The largest absolute Gasteiger partial charge is 0.705 e. The zero-order chi connectivity index (χ0) is 9.14. The van der Waals surface area contributed by atoms with Gasteiger partial charge in [0.05, 0.1) is 6.54 Å². The molecule has 1 aliphatic rings.